The minimum atomic E-state index is -0.0998. The first kappa shape index (κ1) is 30.7. The van der Waals surface area contributed by atoms with Gasteiger partial charge in [-0.2, -0.15) is 5.10 Å². The summed E-state index contributed by atoms with van der Waals surface area (Å²) in [6.07, 6.45) is 0. The number of para-hydroxylation sites is 2. The number of aromatic nitrogens is 4. The SMILES string of the molecule is CC1(C)c2ccccc2-c2cc3c(cc21)c(-c1cccc(-c2ccc(-c4nc5ccccc5c5cc(-c6ccccc6)nn45)cc2)c1)nc1ccccc13. The normalized spacial score (nSPS) is 13.1. The summed E-state index contributed by atoms with van der Waals surface area (Å²) in [6, 6.07) is 60.5. The zero-order valence-corrected chi connectivity index (χ0v) is 30.0. The molecule has 0 radical (unpaired) electrons. The lowest BCUT2D eigenvalue weighted by Gasteiger charge is -2.22. The highest BCUT2D eigenvalue weighted by Gasteiger charge is 2.36. The predicted octanol–water partition coefficient (Wildman–Crippen LogP) is 12.6. The molecule has 11 rings (SSSR count). The van der Waals surface area contributed by atoms with Crippen molar-refractivity contribution in [1.29, 1.82) is 0 Å². The monoisotopic (exact) mass is 690 g/mol. The van der Waals surface area contributed by atoms with Gasteiger partial charge in [0.05, 0.1) is 27.9 Å². The van der Waals surface area contributed by atoms with Crippen LogP contribution in [0.4, 0.5) is 0 Å². The molecular formula is C50H34N4. The number of fused-ring (bicyclic) bond motifs is 9. The van der Waals surface area contributed by atoms with Crippen molar-refractivity contribution in [3.05, 3.63) is 181 Å². The van der Waals surface area contributed by atoms with Gasteiger partial charge in [0.15, 0.2) is 5.82 Å². The molecule has 0 saturated carbocycles. The van der Waals surface area contributed by atoms with Crippen molar-refractivity contribution in [2.45, 2.75) is 19.3 Å². The van der Waals surface area contributed by atoms with E-state index in [0.29, 0.717) is 0 Å². The van der Waals surface area contributed by atoms with Crippen LogP contribution in [0.1, 0.15) is 25.0 Å². The Morgan fingerprint density at radius 3 is 1.93 bits per heavy atom. The van der Waals surface area contributed by atoms with Crippen LogP contribution in [-0.2, 0) is 5.41 Å². The first-order chi connectivity index (χ1) is 26.5. The summed E-state index contributed by atoms with van der Waals surface area (Å²) in [5.41, 5.74) is 15.7. The van der Waals surface area contributed by atoms with Crippen molar-refractivity contribution < 1.29 is 0 Å². The van der Waals surface area contributed by atoms with E-state index in [2.05, 4.69) is 172 Å². The number of hydrogen-bond donors (Lipinski definition) is 0. The highest BCUT2D eigenvalue weighted by Crippen LogP contribution is 2.51. The van der Waals surface area contributed by atoms with Crippen molar-refractivity contribution >= 4 is 38.1 Å². The summed E-state index contributed by atoms with van der Waals surface area (Å²) in [7, 11) is 0. The lowest BCUT2D eigenvalue weighted by Crippen LogP contribution is -2.14. The molecule has 4 heteroatoms. The molecule has 0 amide bonds. The first-order valence-corrected chi connectivity index (χ1v) is 18.5. The molecule has 0 N–H and O–H groups in total. The van der Waals surface area contributed by atoms with Gasteiger partial charge in [-0.1, -0.05) is 147 Å². The van der Waals surface area contributed by atoms with Crippen LogP contribution in [0.25, 0.3) is 94.3 Å². The molecule has 254 valence electrons. The Labute approximate surface area is 313 Å². The predicted molar refractivity (Wildman–Crippen MR) is 223 cm³/mol. The maximum Gasteiger partial charge on any atom is 0.161 e. The molecule has 0 aliphatic heterocycles. The van der Waals surface area contributed by atoms with Gasteiger partial charge in [0, 0.05) is 38.3 Å². The number of benzene rings is 7. The van der Waals surface area contributed by atoms with Crippen molar-refractivity contribution in [1.82, 2.24) is 19.6 Å². The molecule has 10 aromatic rings. The first-order valence-electron chi connectivity index (χ1n) is 18.5. The summed E-state index contributed by atoms with van der Waals surface area (Å²) < 4.78 is 1.99. The van der Waals surface area contributed by atoms with Gasteiger partial charge < -0.3 is 0 Å². The Balaban J connectivity index is 1.03. The molecule has 0 bridgehead atoms. The zero-order valence-electron chi connectivity index (χ0n) is 30.0. The van der Waals surface area contributed by atoms with Gasteiger partial charge in [-0.3, -0.25) is 0 Å². The molecule has 3 heterocycles. The van der Waals surface area contributed by atoms with Gasteiger partial charge in [-0.25, -0.2) is 14.5 Å². The molecule has 0 fully saturated rings. The van der Waals surface area contributed by atoms with Crippen LogP contribution in [0.15, 0.2) is 170 Å². The van der Waals surface area contributed by atoms with E-state index in [-0.39, 0.29) is 5.41 Å². The second kappa shape index (κ2) is 11.5. The molecule has 54 heavy (non-hydrogen) atoms. The highest BCUT2D eigenvalue weighted by molar-refractivity contribution is 6.13. The zero-order chi connectivity index (χ0) is 36.0. The molecular weight excluding hydrogens is 657 g/mol. The van der Waals surface area contributed by atoms with E-state index in [1.54, 1.807) is 0 Å². The molecule has 0 saturated heterocycles. The highest BCUT2D eigenvalue weighted by atomic mass is 15.3. The fraction of sp³-hybridized carbons (Fsp3) is 0.0600. The maximum absolute atomic E-state index is 5.34. The van der Waals surface area contributed by atoms with Crippen LogP contribution in [0, 0.1) is 0 Å². The third-order valence-electron chi connectivity index (χ3n) is 11.4. The second-order valence-corrected chi connectivity index (χ2v) is 14.9. The van der Waals surface area contributed by atoms with E-state index in [9.17, 15) is 0 Å². The van der Waals surface area contributed by atoms with Gasteiger partial charge in [0.1, 0.15) is 0 Å². The Bertz CT molecular complexity index is 3120. The quantitative estimate of drug-likeness (QED) is 0.173. The Morgan fingerprint density at radius 2 is 1.09 bits per heavy atom. The average Bonchev–Trinajstić information content (AvgIpc) is 3.78. The van der Waals surface area contributed by atoms with E-state index >= 15 is 0 Å². The van der Waals surface area contributed by atoms with Crippen LogP contribution in [0.3, 0.4) is 0 Å². The van der Waals surface area contributed by atoms with E-state index in [4.69, 9.17) is 15.1 Å². The summed E-state index contributed by atoms with van der Waals surface area (Å²) >= 11 is 0. The summed E-state index contributed by atoms with van der Waals surface area (Å²) in [6.45, 7) is 4.68. The lowest BCUT2D eigenvalue weighted by molar-refractivity contribution is 0.661. The number of rotatable bonds is 4. The molecule has 3 aromatic heterocycles. The van der Waals surface area contributed by atoms with Crippen LogP contribution in [0.5, 0.6) is 0 Å². The summed E-state index contributed by atoms with van der Waals surface area (Å²) in [4.78, 5) is 10.5. The largest absolute Gasteiger partial charge is 0.247 e. The smallest absolute Gasteiger partial charge is 0.161 e. The maximum atomic E-state index is 5.34. The molecule has 0 atom stereocenters. The van der Waals surface area contributed by atoms with Crippen LogP contribution >= 0.6 is 0 Å². The van der Waals surface area contributed by atoms with Crippen LogP contribution in [0.2, 0.25) is 0 Å². The fourth-order valence-electron chi connectivity index (χ4n) is 8.64. The number of hydrogen-bond acceptors (Lipinski definition) is 3. The molecule has 7 aromatic carbocycles. The number of pyridine rings is 1. The van der Waals surface area contributed by atoms with Crippen molar-refractivity contribution in [2.24, 2.45) is 0 Å². The van der Waals surface area contributed by atoms with Crippen LogP contribution in [-0.4, -0.2) is 19.6 Å². The molecule has 1 aliphatic rings. The van der Waals surface area contributed by atoms with E-state index in [1.807, 2.05) is 16.6 Å². The Kier molecular flexibility index (Phi) is 6.56. The van der Waals surface area contributed by atoms with Gasteiger partial charge in [0.25, 0.3) is 0 Å². The molecule has 1 aliphatic carbocycles. The topological polar surface area (TPSA) is 43.1 Å². The van der Waals surface area contributed by atoms with Gasteiger partial charge >= 0.3 is 0 Å². The minimum absolute atomic E-state index is 0.0998. The molecule has 0 unspecified atom stereocenters. The summed E-state index contributed by atoms with van der Waals surface area (Å²) in [5, 5.41) is 9.75. The third-order valence-corrected chi connectivity index (χ3v) is 11.4. The van der Waals surface area contributed by atoms with Gasteiger partial charge in [0.2, 0.25) is 0 Å². The van der Waals surface area contributed by atoms with Gasteiger partial charge in [-0.15, -0.1) is 0 Å². The Hall–Kier alpha value is -6.91. The standard InChI is InChI=1S/C50H34N4/c1-50(2)42-20-9-6-17-36(42)40-28-39-37-18-7-10-21-44(37)51-48(41(39)29-43(40)50)35-16-12-15-34(27-35)31-23-25-33(26-24-31)49-52-45-22-11-8-19-38(45)47-30-46(53-54(47)49)32-13-4-3-5-14-32/h3-30H,1-2H3. The van der Waals surface area contributed by atoms with Crippen molar-refractivity contribution in [3.63, 3.8) is 0 Å². The van der Waals surface area contributed by atoms with Crippen LogP contribution < -0.4 is 0 Å². The summed E-state index contributed by atoms with van der Waals surface area (Å²) in [5.74, 6) is 0.815. The second-order valence-electron chi connectivity index (χ2n) is 14.9. The molecule has 4 nitrogen and oxygen atoms in total. The fourth-order valence-corrected chi connectivity index (χ4v) is 8.64. The average molecular weight is 691 g/mol. The third kappa shape index (κ3) is 4.60. The van der Waals surface area contributed by atoms with E-state index in [1.165, 1.54) is 38.4 Å². The minimum Gasteiger partial charge on any atom is -0.247 e. The van der Waals surface area contributed by atoms with E-state index < -0.39 is 0 Å². The van der Waals surface area contributed by atoms with E-state index in [0.717, 1.165) is 67.0 Å². The van der Waals surface area contributed by atoms with Crippen molar-refractivity contribution in [3.8, 4) is 56.2 Å². The van der Waals surface area contributed by atoms with Crippen molar-refractivity contribution in [2.75, 3.05) is 0 Å². The number of nitrogens with zero attached hydrogens (tertiary/aromatic N) is 4. The lowest BCUT2D eigenvalue weighted by atomic mass is 9.81. The Morgan fingerprint density at radius 1 is 0.426 bits per heavy atom. The molecule has 0 spiro atoms. The van der Waals surface area contributed by atoms with Gasteiger partial charge in [-0.05, 0) is 75.2 Å².